The van der Waals surface area contributed by atoms with E-state index in [1.54, 1.807) is 7.05 Å². The maximum Gasteiger partial charge on any atom is 0.331 e. The Bertz CT molecular complexity index is 470. The van der Waals surface area contributed by atoms with Gasteiger partial charge in [0.05, 0.1) is 7.11 Å². The number of hydrogen-bond acceptors (Lipinski definition) is 4. The fourth-order valence-corrected chi connectivity index (χ4v) is 2.66. The minimum Gasteiger partial charge on any atom is -0.487 e. The van der Waals surface area contributed by atoms with Crippen molar-refractivity contribution in [2.24, 2.45) is 0 Å². The zero-order valence-corrected chi connectivity index (χ0v) is 11.2. The third-order valence-electron chi connectivity index (χ3n) is 3.38. The molecule has 1 heterocycles. The first kappa shape index (κ1) is 12.9. The van der Waals surface area contributed by atoms with Gasteiger partial charge in [0.2, 0.25) is 0 Å². The summed E-state index contributed by atoms with van der Waals surface area (Å²) in [5, 5.41) is 3.13. The van der Waals surface area contributed by atoms with Crippen LogP contribution in [0.3, 0.4) is 0 Å². The second-order valence-corrected chi connectivity index (χ2v) is 5.18. The topological polar surface area (TPSA) is 47.6 Å². The summed E-state index contributed by atoms with van der Waals surface area (Å²) in [6.45, 7) is 3.94. The molecule has 0 aromatic heterocycles. The van der Waals surface area contributed by atoms with Crippen LogP contribution in [0.5, 0.6) is 5.75 Å². The Kier molecular flexibility index (Phi) is 3.07. The van der Waals surface area contributed by atoms with E-state index in [-0.39, 0.29) is 5.97 Å². The minimum atomic E-state index is -0.840. The highest BCUT2D eigenvalue weighted by Gasteiger charge is 2.50. The highest BCUT2D eigenvalue weighted by Crippen LogP contribution is 2.43. The van der Waals surface area contributed by atoms with E-state index in [0.717, 1.165) is 11.3 Å². The first-order chi connectivity index (χ1) is 8.45. The van der Waals surface area contributed by atoms with E-state index in [9.17, 15) is 4.79 Å². The fourth-order valence-electron chi connectivity index (χ4n) is 2.66. The van der Waals surface area contributed by atoms with Gasteiger partial charge in [0.25, 0.3) is 0 Å². The summed E-state index contributed by atoms with van der Waals surface area (Å²) in [5.74, 6) is 0.447. The van der Waals surface area contributed by atoms with Crippen molar-refractivity contribution in [3.05, 3.63) is 29.8 Å². The number of methoxy groups -OCH3 is 1. The van der Waals surface area contributed by atoms with Crippen LogP contribution in [0.4, 0.5) is 0 Å². The number of fused-ring (bicyclic) bond motifs is 1. The molecule has 0 spiro atoms. The molecule has 1 unspecified atom stereocenters. The van der Waals surface area contributed by atoms with Crippen LogP contribution in [0.1, 0.15) is 25.8 Å². The maximum absolute atomic E-state index is 12.2. The number of esters is 1. The van der Waals surface area contributed by atoms with Gasteiger partial charge in [-0.3, -0.25) is 0 Å². The van der Waals surface area contributed by atoms with Crippen LogP contribution >= 0.6 is 0 Å². The number of ether oxygens (including phenoxy) is 2. The Morgan fingerprint density at radius 2 is 2.06 bits per heavy atom. The Labute approximate surface area is 107 Å². The van der Waals surface area contributed by atoms with E-state index in [2.05, 4.69) is 5.32 Å². The van der Waals surface area contributed by atoms with Gasteiger partial charge in [0, 0.05) is 12.0 Å². The van der Waals surface area contributed by atoms with Gasteiger partial charge >= 0.3 is 5.97 Å². The molecule has 1 aliphatic heterocycles. The van der Waals surface area contributed by atoms with E-state index >= 15 is 0 Å². The van der Waals surface area contributed by atoms with Gasteiger partial charge in [-0.2, -0.15) is 0 Å². The molecule has 1 N–H and O–H groups in total. The molecule has 0 amide bonds. The third kappa shape index (κ3) is 1.86. The number of benzene rings is 1. The molecular formula is C14H19NO3. The first-order valence-corrected chi connectivity index (χ1v) is 6.01. The third-order valence-corrected chi connectivity index (χ3v) is 3.38. The number of likely N-dealkylation sites (N-methyl/N-ethyl adjacent to an activating group) is 1. The predicted octanol–water partition coefficient (Wildman–Crippen LogP) is 1.84. The van der Waals surface area contributed by atoms with Crippen molar-refractivity contribution in [3.8, 4) is 5.75 Å². The van der Waals surface area contributed by atoms with Crippen LogP contribution in [0.15, 0.2) is 24.3 Å². The van der Waals surface area contributed by atoms with E-state index in [1.165, 1.54) is 7.11 Å². The lowest BCUT2D eigenvalue weighted by Gasteiger charge is -2.44. The molecule has 18 heavy (non-hydrogen) atoms. The monoisotopic (exact) mass is 249 g/mol. The molecule has 1 aliphatic rings. The number of nitrogens with one attached hydrogen (secondary N) is 1. The zero-order chi connectivity index (χ0) is 13.4. The Morgan fingerprint density at radius 3 is 2.67 bits per heavy atom. The summed E-state index contributed by atoms with van der Waals surface area (Å²) in [6, 6.07) is 7.58. The van der Waals surface area contributed by atoms with Crippen LogP contribution < -0.4 is 10.1 Å². The van der Waals surface area contributed by atoms with Crippen LogP contribution in [0.2, 0.25) is 0 Å². The van der Waals surface area contributed by atoms with Gasteiger partial charge < -0.3 is 14.8 Å². The SMILES string of the molecule is CNC1(C(=O)OC)CC(C)(C)Oc2ccccc21. The molecule has 0 radical (unpaired) electrons. The second kappa shape index (κ2) is 4.28. The van der Waals surface area contributed by atoms with Crippen molar-refractivity contribution in [1.82, 2.24) is 5.32 Å². The van der Waals surface area contributed by atoms with E-state index in [0.29, 0.717) is 6.42 Å². The summed E-state index contributed by atoms with van der Waals surface area (Å²) in [5.41, 5.74) is -0.433. The molecule has 0 aliphatic carbocycles. The molecule has 1 aromatic rings. The van der Waals surface area contributed by atoms with Crippen molar-refractivity contribution in [2.75, 3.05) is 14.2 Å². The summed E-state index contributed by atoms with van der Waals surface area (Å²) in [6.07, 6.45) is 0.528. The van der Waals surface area contributed by atoms with Crippen molar-refractivity contribution in [2.45, 2.75) is 31.4 Å². The van der Waals surface area contributed by atoms with Crippen molar-refractivity contribution < 1.29 is 14.3 Å². The molecule has 2 rings (SSSR count). The molecule has 98 valence electrons. The lowest BCUT2D eigenvalue weighted by atomic mass is 9.77. The van der Waals surface area contributed by atoms with E-state index in [1.807, 2.05) is 38.1 Å². The van der Waals surface area contributed by atoms with Crippen molar-refractivity contribution in [1.29, 1.82) is 0 Å². The predicted molar refractivity (Wildman–Crippen MR) is 68.5 cm³/mol. The van der Waals surface area contributed by atoms with Crippen molar-refractivity contribution >= 4 is 5.97 Å². The number of hydrogen-bond donors (Lipinski definition) is 1. The number of carbonyl (C=O) groups is 1. The van der Waals surface area contributed by atoms with E-state index < -0.39 is 11.1 Å². The Morgan fingerprint density at radius 1 is 1.39 bits per heavy atom. The Balaban J connectivity index is 2.62. The maximum atomic E-state index is 12.2. The molecule has 0 fully saturated rings. The summed E-state index contributed by atoms with van der Waals surface area (Å²) < 4.78 is 10.9. The second-order valence-electron chi connectivity index (χ2n) is 5.18. The highest BCUT2D eigenvalue weighted by molar-refractivity contribution is 5.84. The summed E-state index contributed by atoms with van der Waals surface area (Å²) in [4.78, 5) is 12.2. The van der Waals surface area contributed by atoms with Gasteiger partial charge in [0.1, 0.15) is 16.9 Å². The van der Waals surface area contributed by atoms with Gasteiger partial charge in [0.15, 0.2) is 0 Å². The normalized spacial score (nSPS) is 24.9. The van der Waals surface area contributed by atoms with Crippen LogP contribution in [0, 0.1) is 0 Å². The standard InChI is InChI=1S/C14H19NO3/c1-13(2)9-14(15-3,12(16)17-4)10-7-5-6-8-11(10)18-13/h5-8,15H,9H2,1-4H3. The Hall–Kier alpha value is -1.55. The fraction of sp³-hybridized carbons (Fsp3) is 0.500. The molecule has 0 bridgehead atoms. The average Bonchev–Trinajstić information content (AvgIpc) is 2.35. The van der Waals surface area contributed by atoms with Gasteiger partial charge in [-0.1, -0.05) is 18.2 Å². The first-order valence-electron chi connectivity index (χ1n) is 6.01. The molecular weight excluding hydrogens is 230 g/mol. The van der Waals surface area contributed by atoms with Gasteiger partial charge in [-0.15, -0.1) is 0 Å². The minimum absolute atomic E-state index is 0.283. The highest BCUT2D eigenvalue weighted by atomic mass is 16.5. The summed E-state index contributed by atoms with van der Waals surface area (Å²) in [7, 11) is 3.18. The largest absolute Gasteiger partial charge is 0.487 e. The molecule has 0 saturated carbocycles. The number of para-hydroxylation sites is 1. The summed E-state index contributed by atoms with van der Waals surface area (Å²) >= 11 is 0. The lowest BCUT2D eigenvalue weighted by Crippen LogP contribution is -2.56. The van der Waals surface area contributed by atoms with E-state index in [4.69, 9.17) is 9.47 Å². The molecule has 1 aromatic carbocycles. The smallest absolute Gasteiger partial charge is 0.331 e. The van der Waals surface area contributed by atoms with Gasteiger partial charge in [-0.05, 0) is 27.0 Å². The number of carbonyl (C=O) groups excluding carboxylic acids is 1. The lowest BCUT2D eigenvalue weighted by molar-refractivity contribution is -0.152. The van der Waals surface area contributed by atoms with Crippen LogP contribution in [-0.2, 0) is 15.1 Å². The van der Waals surface area contributed by atoms with Gasteiger partial charge in [-0.25, -0.2) is 4.79 Å². The van der Waals surface area contributed by atoms with Crippen LogP contribution in [0.25, 0.3) is 0 Å². The van der Waals surface area contributed by atoms with Crippen molar-refractivity contribution in [3.63, 3.8) is 0 Å². The molecule has 4 heteroatoms. The quantitative estimate of drug-likeness (QED) is 0.812. The zero-order valence-electron chi connectivity index (χ0n) is 11.2. The molecule has 1 atom stereocenters. The number of rotatable bonds is 2. The molecule has 0 saturated heterocycles. The van der Waals surface area contributed by atoms with Crippen LogP contribution in [-0.4, -0.2) is 25.7 Å². The molecule has 4 nitrogen and oxygen atoms in total. The average molecular weight is 249 g/mol.